The standard InChI is InChI=1S/C25H32N2O6S/c1-16-11-20(34(29,30)26-9-7-6-8-10-26)13-18-12-17(2)27(23(16)18)25(28)19-14-21(31-3)24(33-5)22(15-19)32-4/h11,13-15,17H,6-10,12H2,1-5H3. The first-order chi connectivity index (χ1) is 16.2. The lowest BCUT2D eigenvalue weighted by atomic mass is 10.1. The molecule has 1 atom stereocenters. The molecule has 4 rings (SSSR count). The summed E-state index contributed by atoms with van der Waals surface area (Å²) >= 11 is 0. The second kappa shape index (κ2) is 9.46. The Labute approximate surface area is 201 Å². The lowest BCUT2D eigenvalue weighted by molar-refractivity contribution is 0.0980. The molecule has 2 aromatic carbocycles. The number of piperidine rings is 1. The number of fused-ring (bicyclic) bond motifs is 1. The lowest BCUT2D eigenvalue weighted by Crippen LogP contribution is -2.36. The summed E-state index contributed by atoms with van der Waals surface area (Å²) in [7, 11) is 0.973. The van der Waals surface area contributed by atoms with Gasteiger partial charge in [-0.1, -0.05) is 6.42 Å². The highest BCUT2D eigenvalue weighted by molar-refractivity contribution is 7.89. The molecule has 0 N–H and O–H groups in total. The predicted molar refractivity (Wildman–Crippen MR) is 130 cm³/mol. The molecule has 2 aliphatic rings. The van der Waals surface area contributed by atoms with E-state index in [0.717, 1.165) is 36.1 Å². The number of methoxy groups -OCH3 is 3. The molecule has 0 aliphatic carbocycles. The van der Waals surface area contributed by atoms with Crippen LogP contribution in [0.3, 0.4) is 0 Å². The van der Waals surface area contributed by atoms with Gasteiger partial charge in [-0.3, -0.25) is 4.79 Å². The van der Waals surface area contributed by atoms with Crippen LogP contribution in [-0.2, 0) is 16.4 Å². The Morgan fingerprint density at radius 2 is 1.56 bits per heavy atom. The first kappa shape index (κ1) is 24.3. The molecule has 9 heteroatoms. The van der Waals surface area contributed by atoms with Gasteiger partial charge in [0.25, 0.3) is 5.91 Å². The van der Waals surface area contributed by atoms with Crippen molar-refractivity contribution in [3.05, 3.63) is 41.0 Å². The third-order valence-electron chi connectivity index (χ3n) is 6.63. The molecule has 1 unspecified atom stereocenters. The van der Waals surface area contributed by atoms with Crippen LogP contribution in [0.25, 0.3) is 0 Å². The number of hydrogen-bond acceptors (Lipinski definition) is 6. The molecule has 0 spiro atoms. The van der Waals surface area contributed by atoms with E-state index in [9.17, 15) is 13.2 Å². The van der Waals surface area contributed by atoms with Crippen molar-refractivity contribution in [1.29, 1.82) is 0 Å². The Balaban J connectivity index is 1.73. The molecular formula is C25H32N2O6S. The number of carbonyl (C=O) groups excluding carboxylic acids is 1. The predicted octanol–water partition coefficient (Wildman–Crippen LogP) is 3.79. The quantitative estimate of drug-likeness (QED) is 0.615. The zero-order chi connectivity index (χ0) is 24.6. The van der Waals surface area contributed by atoms with Crippen molar-refractivity contribution in [2.45, 2.75) is 50.5 Å². The van der Waals surface area contributed by atoms with Crippen LogP contribution in [0.5, 0.6) is 17.2 Å². The molecule has 0 aromatic heterocycles. The van der Waals surface area contributed by atoms with E-state index in [4.69, 9.17) is 14.2 Å². The molecule has 0 bridgehead atoms. The van der Waals surface area contributed by atoms with Crippen LogP contribution in [0.1, 0.15) is 47.7 Å². The van der Waals surface area contributed by atoms with Crippen LogP contribution in [0, 0.1) is 6.92 Å². The number of sulfonamides is 1. The Kier molecular flexibility index (Phi) is 6.78. The van der Waals surface area contributed by atoms with Gasteiger partial charge in [0.05, 0.1) is 31.9 Å². The maximum Gasteiger partial charge on any atom is 0.258 e. The van der Waals surface area contributed by atoms with Crippen molar-refractivity contribution < 1.29 is 27.4 Å². The third kappa shape index (κ3) is 4.11. The van der Waals surface area contributed by atoms with Crippen molar-refractivity contribution in [2.75, 3.05) is 39.3 Å². The minimum absolute atomic E-state index is 0.131. The second-order valence-electron chi connectivity index (χ2n) is 8.85. The summed E-state index contributed by atoms with van der Waals surface area (Å²) in [5, 5.41) is 0. The Morgan fingerprint density at radius 3 is 2.12 bits per heavy atom. The molecule has 8 nitrogen and oxygen atoms in total. The summed E-state index contributed by atoms with van der Waals surface area (Å²) < 4.78 is 44.3. The van der Waals surface area contributed by atoms with E-state index in [0.29, 0.717) is 47.2 Å². The van der Waals surface area contributed by atoms with E-state index in [1.54, 1.807) is 33.5 Å². The van der Waals surface area contributed by atoms with Gasteiger partial charge in [0, 0.05) is 24.7 Å². The molecular weight excluding hydrogens is 456 g/mol. The topological polar surface area (TPSA) is 85.4 Å². The first-order valence-electron chi connectivity index (χ1n) is 11.5. The average molecular weight is 489 g/mol. The van der Waals surface area contributed by atoms with Crippen LogP contribution >= 0.6 is 0 Å². The van der Waals surface area contributed by atoms with Crippen LogP contribution in [0.4, 0.5) is 5.69 Å². The normalized spacial score (nSPS) is 18.5. The fourth-order valence-electron chi connectivity index (χ4n) is 5.00. The van der Waals surface area contributed by atoms with Gasteiger partial charge in [0.2, 0.25) is 15.8 Å². The van der Waals surface area contributed by atoms with Crippen LogP contribution in [0.15, 0.2) is 29.2 Å². The Hall–Kier alpha value is -2.78. The van der Waals surface area contributed by atoms with Gasteiger partial charge in [0.15, 0.2) is 11.5 Å². The number of anilines is 1. The van der Waals surface area contributed by atoms with Crippen molar-refractivity contribution in [3.8, 4) is 17.2 Å². The second-order valence-corrected chi connectivity index (χ2v) is 10.8. The number of rotatable bonds is 6. The number of hydrogen-bond donors (Lipinski definition) is 0. The van der Waals surface area contributed by atoms with Crippen molar-refractivity contribution in [3.63, 3.8) is 0 Å². The van der Waals surface area contributed by atoms with Crippen molar-refractivity contribution >= 4 is 21.6 Å². The van der Waals surface area contributed by atoms with Gasteiger partial charge in [-0.15, -0.1) is 0 Å². The highest BCUT2D eigenvalue weighted by Gasteiger charge is 2.36. The average Bonchev–Trinajstić information content (AvgIpc) is 3.19. The molecule has 184 valence electrons. The number of nitrogens with zero attached hydrogens (tertiary/aromatic N) is 2. The summed E-state index contributed by atoms with van der Waals surface area (Å²) in [6, 6.07) is 6.58. The third-order valence-corrected chi connectivity index (χ3v) is 8.51. The molecule has 0 saturated carbocycles. The van der Waals surface area contributed by atoms with Crippen LogP contribution in [0.2, 0.25) is 0 Å². The van der Waals surface area contributed by atoms with E-state index in [-0.39, 0.29) is 11.9 Å². The number of ether oxygens (including phenoxy) is 3. The van der Waals surface area contributed by atoms with Gasteiger partial charge in [-0.2, -0.15) is 4.31 Å². The van der Waals surface area contributed by atoms with Crippen molar-refractivity contribution in [1.82, 2.24) is 4.31 Å². The smallest absolute Gasteiger partial charge is 0.258 e. The van der Waals surface area contributed by atoms with E-state index in [1.807, 2.05) is 13.8 Å². The SMILES string of the molecule is COc1cc(C(=O)N2c3c(C)cc(S(=O)(=O)N4CCCCC4)cc3CC2C)cc(OC)c1OC. The van der Waals surface area contributed by atoms with Crippen molar-refractivity contribution in [2.24, 2.45) is 0 Å². The molecule has 2 heterocycles. The molecule has 1 saturated heterocycles. The summed E-state index contributed by atoms with van der Waals surface area (Å²) in [6.45, 7) is 4.94. The summed E-state index contributed by atoms with van der Waals surface area (Å²) in [4.78, 5) is 15.7. The van der Waals surface area contributed by atoms with Gasteiger partial charge in [0.1, 0.15) is 0 Å². The lowest BCUT2D eigenvalue weighted by Gasteiger charge is -2.27. The van der Waals surface area contributed by atoms with E-state index in [2.05, 4.69) is 0 Å². The number of amides is 1. The summed E-state index contributed by atoms with van der Waals surface area (Å²) in [5.74, 6) is 1.01. The van der Waals surface area contributed by atoms with E-state index < -0.39 is 10.0 Å². The fourth-order valence-corrected chi connectivity index (χ4v) is 6.65. The molecule has 34 heavy (non-hydrogen) atoms. The molecule has 0 radical (unpaired) electrons. The Bertz CT molecular complexity index is 1180. The Morgan fingerprint density at radius 1 is 0.941 bits per heavy atom. The summed E-state index contributed by atoms with van der Waals surface area (Å²) in [6.07, 6.45) is 3.41. The molecule has 1 fully saturated rings. The maximum absolute atomic E-state index is 13.7. The number of aryl methyl sites for hydroxylation is 1. The fraction of sp³-hybridized carbons (Fsp3) is 0.480. The number of carbonyl (C=O) groups is 1. The van der Waals surface area contributed by atoms with Crippen LogP contribution in [-0.4, -0.2) is 59.1 Å². The monoisotopic (exact) mass is 488 g/mol. The number of benzene rings is 2. The van der Waals surface area contributed by atoms with Crippen LogP contribution < -0.4 is 19.1 Å². The largest absolute Gasteiger partial charge is 0.493 e. The molecule has 1 amide bonds. The maximum atomic E-state index is 13.7. The van der Waals surface area contributed by atoms with Gasteiger partial charge >= 0.3 is 0 Å². The minimum atomic E-state index is -3.56. The molecule has 2 aromatic rings. The van der Waals surface area contributed by atoms with Gasteiger partial charge in [-0.25, -0.2) is 8.42 Å². The van der Waals surface area contributed by atoms with E-state index in [1.165, 1.54) is 21.3 Å². The minimum Gasteiger partial charge on any atom is -0.493 e. The van der Waals surface area contributed by atoms with E-state index >= 15 is 0 Å². The molecule has 2 aliphatic heterocycles. The first-order valence-corrected chi connectivity index (χ1v) is 12.9. The highest BCUT2D eigenvalue weighted by atomic mass is 32.2. The highest BCUT2D eigenvalue weighted by Crippen LogP contribution is 2.42. The summed E-state index contributed by atoms with van der Waals surface area (Å²) in [5.41, 5.74) is 2.80. The zero-order valence-electron chi connectivity index (χ0n) is 20.4. The van der Waals surface area contributed by atoms with Gasteiger partial charge < -0.3 is 19.1 Å². The van der Waals surface area contributed by atoms with Gasteiger partial charge in [-0.05, 0) is 68.5 Å². The zero-order valence-corrected chi connectivity index (χ0v) is 21.2.